The van der Waals surface area contributed by atoms with Crippen LogP contribution in [0.1, 0.15) is 11.1 Å². The molecule has 1 unspecified atom stereocenters. The quantitative estimate of drug-likeness (QED) is 0.568. The highest BCUT2D eigenvalue weighted by atomic mass is 79.9. The first-order valence-corrected chi connectivity index (χ1v) is 8.20. The van der Waals surface area contributed by atoms with E-state index in [0.717, 1.165) is 16.8 Å². The summed E-state index contributed by atoms with van der Waals surface area (Å²) >= 11 is 15.3. The number of alkyl halides is 1. The zero-order chi connectivity index (χ0) is 14.5. The van der Waals surface area contributed by atoms with Crippen LogP contribution in [0.5, 0.6) is 0 Å². The molecule has 0 nitrogen and oxygen atoms in total. The minimum atomic E-state index is -0.198. The molecule has 0 saturated carbocycles. The summed E-state index contributed by atoms with van der Waals surface area (Å²) in [5.74, 6) is 0.112. The molecule has 0 heterocycles. The summed E-state index contributed by atoms with van der Waals surface area (Å²) in [7, 11) is 0. The van der Waals surface area contributed by atoms with Gasteiger partial charge in [0.05, 0.1) is 0 Å². The van der Waals surface area contributed by atoms with E-state index in [9.17, 15) is 4.39 Å². The molecule has 0 bridgehead atoms. The highest BCUT2D eigenvalue weighted by Crippen LogP contribution is 2.22. The number of benzene rings is 2. The van der Waals surface area contributed by atoms with Crippen LogP contribution in [-0.2, 0) is 12.8 Å². The van der Waals surface area contributed by atoms with Crippen molar-refractivity contribution in [2.45, 2.75) is 12.8 Å². The summed E-state index contributed by atoms with van der Waals surface area (Å²) in [6.45, 7) is 0. The topological polar surface area (TPSA) is 0 Å². The normalized spacial score (nSPS) is 12.4. The average molecular weight is 376 g/mol. The number of hydrogen-bond donors (Lipinski definition) is 0. The first-order valence-electron chi connectivity index (χ1n) is 6.33. The van der Waals surface area contributed by atoms with Crippen molar-refractivity contribution in [1.29, 1.82) is 0 Å². The number of rotatable bonds is 5. The Kier molecular flexibility index (Phi) is 5.88. The van der Waals surface area contributed by atoms with E-state index in [0.29, 0.717) is 22.9 Å². The van der Waals surface area contributed by atoms with Crippen molar-refractivity contribution in [3.8, 4) is 0 Å². The van der Waals surface area contributed by atoms with Crippen LogP contribution < -0.4 is 0 Å². The molecule has 0 amide bonds. The van der Waals surface area contributed by atoms with Gasteiger partial charge in [0.15, 0.2) is 0 Å². The maximum absolute atomic E-state index is 13.8. The van der Waals surface area contributed by atoms with E-state index < -0.39 is 0 Å². The largest absolute Gasteiger partial charge is 0.207 e. The lowest BCUT2D eigenvalue weighted by Gasteiger charge is -2.15. The maximum Gasteiger partial charge on any atom is 0.126 e. The zero-order valence-corrected chi connectivity index (χ0v) is 13.8. The number of hydrogen-bond acceptors (Lipinski definition) is 0. The van der Waals surface area contributed by atoms with E-state index in [2.05, 4.69) is 15.9 Å². The third kappa shape index (κ3) is 4.47. The Balaban J connectivity index is 2.08. The molecule has 20 heavy (non-hydrogen) atoms. The Bertz CT molecular complexity index is 569. The maximum atomic E-state index is 13.8. The lowest BCUT2D eigenvalue weighted by Crippen LogP contribution is -2.11. The summed E-state index contributed by atoms with van der Waals surface area (Å²) in [5.41, 5.74) is 1.86. The van der Waals surface area contributed by atoms with Gasteiger partial charge in [-0.3, -0.25) is 0 Å². The summed E-state index contributed by atoms with van der Waals surface area (Å²) < 4.78 is 13.8. The molecule has 0 aromatic heterocycles. The minimum Gasteiger partial charge on any atom is -0.207 e. The van der Waals surface area contributed by atoms with Crippen LogP contribution >= 0.6 is 39.1 Å². The Morgan fingerprint density at radius 3 is 2.25 bits per heavy atom. The lowest BCUT2D eigenvalue weighted by molar-refractivity contribution is 0.550. The summed E-state index contributed by atoms with van der Waals surface area (Å²) in [6, 6.07) is 12.5. The molecule has 0 spiro atoms. The van der Waals surface area contributed by atoms with E-state index in [1.165, 1.54) is 11.6 Å². The molecular weight excluding hydrogens is 362 g/mol. The van der Waals surface area contributed by atoms with Crippen LogP contribution in [0.15, 0.2) is 42.5 Å². The third-order valence-corrected chi connectivity index (χ3v) is 4.57. The van der Waals surface area contributed by atoms with E-state index in [1.54, 1.807) is 12.1 Å². The van der Waals surface area contributed by atoms with Gasteiger partial charge < -0.3 is 0 Å². The van der Waals surface area contributed by atoms with Crippen LogP contribution in [-0.4, -0.2) is 5.33 Å². The van der Waals surface area contributed by atoms with Crippen molar-refractivity contribution >= 4 is 39.1 Å². The van der Waals surface area contributed by atoms with Crippen molar-refractivity contribution < 1.29 is 4.39 Å². The highest BCUT2D eigenvalue weighted by molar-refractivity contribution is 9.09. The monoisotopic (exact) mass is 374 g/mol. The molecule has 2 aromatic rings. The lowest BCUT2D eigenvalue weighted by atomic mass is 9.94. The van der Waals surface area contributed by atoms with Gasteiger partial charge in [-0.2, -0.15) is 0 Å². The molecule has 2 aromatic carbocycles. The van der Waals surface area contributed by atoms with Crippen molar-refractivity contribution in [2.75, 3.05) is 5.33 Å². The molecule has 0 aliphatic heterocycles. The molecule has 1 atom stereocenters. The molecule has 4 heteroatoms. The first-order chi connectivity index (χ1) is 9.58. The summed E-state index contributed by atoms with van der Waals surface area (Å²) in [5, 5.41) is 2.10. The molecule has 0 aliphatic carbocycles. The van der Waals surface area contributed by atoms with E-state index >= 15 is 0 Å². The zero-order valence-electron chi connectivity index (χ0n) is 10.8. The third-order valence-electron chi connectivity index (χ3n) is 3.17. The van der Waals surface area contributed by atoms with Gasteiger partial charge in [-0.25, -0.2) is 4.39 Å². The molecule has 2 rings (SSSR count). The fourth-order valence-electron chi connectivity index (χ4n) is 2.15. The van der Waals surface area contributed by atoms with Crippen LogP contribution in [0.3, 0.4) is 0 Å². The second kappa shape index (κ2) is 7.44. The van der Waals surface area contributed by atoms with Gasteiger partial charge in [-0.15, -0.1) is 0 Å². The summed E-state index contributed by atoms with van der Waals surface area (Å²) in [6.07, 6.45) is 1.52. The van der Waals surface area contributed by atoms with Gasteiger partial charge in [-0.1, -0.05) is 51.3 Å². The minimum absolute atomic E-state index is 0.198. The van der Waals surface area contributed by atoms with Gasteiger partial charge in [0.25, 0.3) is 0 Å². The van der Waals surface area contributed by atoms with Crippen LogP contribution in [0.25, 0.3) is 0 Å². The Labute approximate surface area is 137 Å². The SMILES string of the molecule is Fc1ccc(Cl)cc1CC(CBr)Cc1ccc(Cl)cc1. The van der Waals surface area contributed by atoms with Crippen LogP contribution in [0.2, 0.25) is 10.0 Å². The Hall–Kier alpha value is -0.570. The van der Waals surface area contributed by atoms with Gasteiger partial charge in [0, 0.05) is 15.4 Å². The molecule has 106 valence electrons. The molecular formula is C16H14BrCl2F. The van der Waals surface area contributed by atoms with Gasteiger partial charge in [0.1, 0.15) is 5.82 Å². The summed E-state index contributed by atoms with van der Waals surface area (Å²) in [4.78, 5) is 0. The molecule has 0 radical (unpaired) electrons. The molecule has 0 N–H and O–H groups in total. The highest BCUT2D eigenvalue weighted by Gasteiger charge is 2.13. The van der Waals surface area contributed by atoms with Crippen LogP contribution in [0, 0.1) is 11.7 Å². The van der Waals surface area contributed by atoms with E-state index in [-0.39, 0.29) is 5.82 Å². The second-order valence-corrected chi connectivity index (χ2v) is 6.31. The molecule has 0 saturated heterocycles. The van der Waals surface area contributed by atoms with Gasteiger partial charge in [-0.05, 0) is 60.2 Å². The Morgan fingerprint density at radius 2 is 1.60 bits per heavy atom. The van der Waals surface area contributed by atoms with Gasteiger partial charge in [0.2, 0.25) is 0 Å². The van der Waals surface area contributed by atoms with Crippen molar-refractivity contribution in [1.82, 2.24) is 0 Å². The van der Waals surface area contributed by atoms with Crippen molar-refractivity contribution in [3.05, 3.63) is 69.5 Å². The second-order valence-electron chi connectivity index (χ2n) is 4.79. The average Bonchev–Trinajstić information content (AvgIpc) is 2.44. The molecule has 0 aliphatic rings. The van der Waals surface area contributed by atoms with Crippen molar-refractivity contribution in [2.24, 2.45) is 5.92 Å². The standard InChI is InChI=1S/C16H14BrCl2F/c17-10-12(7-11-1-3-14(18)4-2-11)8-13-9-15(19)5-6-16(13)20/h1-6,9,12H,7-8,10H2. The van der Waals surface area contributed by atoms with Crippen LogP contribution in [0.4, 0.5) is 4.39 Å². The molecule has 0 fully saturated rings. The van der Waals surface area contributed by atoms with Crippen molar-refractivity contribution in [3.63, 3.8) is 0 Å². The fraction of sp³-hybridized carbons (Fsp3) is 0.250. The first kappa shape index (κ1) is 15.8. The van der Waals surface area contributed by atoms with E-state index in [4.69, 9.17) is 23.2 Å². The Morgan fingerprint density at radius 1 is 0.950 bits per heavy atom. The number of halogens is 4. The van der Waals surface area contributed by atoms with E-state index in [1.807, 2.05) is 24.3 Å². The van der Waals surface area contributed by atoms with Gasteiger partial charge >= 0.3 is 0 Å². The predicted octanol–water partition coefficient (Wildman–Crippen LogP) is 5.93. The smallest absolute Gasteiger partial charge is 0.126 e. The fourth-order valence-corrected chi connectivity index (χ4v) is 2.92. The predicted molar refractivity (Wildman–Crippen MR) is 87.6 cm³/mol.